The van der Waals surface area contributed by atoms with E-state index in [1.165, 1.54) is 17.0 Å². The van der Waals surface area contributed by atoms with Gasteiger partial charge in [0.2, 0.25) is 29.5 Å². The van der Waals surface area contributed by atoms with Gasteiger partial charge in [-0.15, -0.1) is 0 Å². The fraction of sp³-hybridized carbons (Fsp3) is 0.600. The number of nitrogens with zero attached hydrogens (tertiary/aromatic N) is 1. The molecular weight excluding hydrogens is 572 g/mol. The van der Waals surface area contributed by atoms with Gasteiger partial charge in [-0.3, -0.25) is 24.0 Å². The van der Waals surface area contributed by atoms with Gasteiger partial charge in [-0.1, -0.05) is 39.8 Å². The van der Waals surface area contributed by atoms with E-state index in [2.05, 4.69) is 16.0 Å². The minimum absolute atomic E-state index is 0.00799. The summed E-state index contributed by atoms with van der Waals surface area (Å²) < 4.78 is 0. The highest BCUT2D eigenvalue weighted by atomic mass is 16.4. The van der Waals surface area contributed by atoms with E-state index < -0.39 is 72.1 Å². The zero-order valence-electron chi connectivity index (χ0n) is 25.7. The van der Waals surface area contributed by atoms with E-state index in [4.69, 9.17) is 11.5 Å². The Labute approximate surface area is 257 Å². The predicted molar refractivity (Wildman–Crippen MR) is 161 cm³/mol. The quantitative estimate of drug-likeness (QED) is 0.129. The predicted octanol–water partition coefficient (Wildman–Crippen LogP) is -0.240. The van der Waals surface area contributed by atoms with Crippen LogP contribution in [0.3, 0.4) is 0 Å². The summed E-state index contributed by atoms with van der Waals surface area (Å²) >= 11 is 0. The largest absolute Gasteiger partial charge is 0.508 e. The van der Waals surface area contributed by atoms with Crippen molar-refractivity contribution >= 4 is 35.5 Å². The van der Waals surface area contributed by atoms with Gasteiger partial charge >= 0.3 is 5.97 Å². The maximum Gasteiger partial charge on any atom is 0.326 e. The molecule has 1 fully saturated rings. The summed E-state index contributed by atoms with van der Waals surface area (Å²) in [6.07, 6.45) is 0.706. The maximum absolute atomic E-state index is 13.6. The first kappa shape index (κ1) is 36.0. The van der Waals surface area contributed by atoms with Gasteiger partial charge < -0.3 is 42.5 Å². The van der Waals surface area contributed by atoms with Crippen LogP contribution in [-0.4, -0.2) is 87.4 Å². The normalized spacial score (nSPS) is 17.4. The molecule has 14 heteroatoms. The minimum atomic E-state index is -1.39. The Morgan fingerprint density at radius 1 is 0.864 bits per heavy atom. The Balaban J connectivity index is 2.31. The topological polar surface area (TPSA) is 234 Å². The molecule has 0 radical (unpaired) electrons. The van der Waals surface area contributed by atoms with Crippen molar-refractivity contribution < 1.29 is 39.0 Å². The molecule has 0 aliphatic carbocycles. The van der Waals surface area contributed by atoms with Crippen LogP contribution in [0.1, 0.15) is 65.4 Å². The van der Waals surface area contributed by atoms with Crippen molar-refractivity contribution in [3.63, 3.8) is 0 Å². The van der Waals surface area contributed by atoms with E-state index in [0.29, 0.717) is 18.4 Å². The summed E-state index contributed by atoms with van der Waals surface area (Å²) in [5.41, 5.74) is 11.9. The number of hydrogen-bond acceptors (Lipinski definition) is 8. The number of nitrogens with two attached hydrogens (primary N) is 2. The summed E-state index contributed by atoms with van der Waals surface area (Å²) in [6, 6.07) is 0.289. The van der Waals surface area contributed by atoms with Crippen LogP contribution in [0.4, 0.5) is 0 Å². The molecule has 1 aromatic carbocycles. The van der Waals surface area contributed by atoms with E-state index >= 15 is 0 Å². The number of rotatable bonds is 16. The molecule has 1 aliphatic rings. The van der Waals surface area contributed by atoms with Gasteiger partial charge in [-0.2, -0.15) is 0 Å². The van der Waals surface area contributed by atoms with E-state index in [0.717, 1.165) is 0 Å². The SMILES string of the molecule is CC(C)C[C@H](NC(=O)[C@H](CC(N)=O)NC(=O)[C@@H](N)CC(C)C)C(=O)N[C@@H](Cc1ccc(O)cc1)C(=O)N1CCC[C@H]1C(=O)O. The number of carboxylic acid groups (broad SMARTS) is 1. The number of hydrogen-bond donors (Lipinski definition) is 7. The van der Waals surface area contributed by atoms with Crippen molar-refractivity contribution in [2.24, 2.45) is 23.3 Å². The van der Waals surface area contributed by atoms with Gasteiger partial charge in [0.15, 0.2) is 0 Å². The fourth-order valence-electron chi connectivity index (χ4n) is 5.11. The van der Waals surface area contributed by atoms with Gasteiger partial charge in [0.05, 0.1) is 12.5 Å². The first-order valence-electron chi connectivity index (χ1n) is 14.8. The number of carbonyl (C=O) groups excluding carboxylic acids is 5. The zero-order valence-corrected chi connectivity index (χ0v) is 25.7. The number of phenols is 1. The average molecular weight is 619 g/mol. The molecule has 1 heterocycles. The standard InChI is InChI=1S/C30H46N6O8/c1-16(2)12-20(31)26(39)33-22(15-25(32)38)28(41)34-21(13-17(3)4)27(40)35-23(14-18-7-9-19(37)10-8-18)29(42)36-11-5-6-24(36)30(43)44/h7-10,16-17,20-24,37H,5-6,11-15,31H2,1-4H3,(H2,32,38)(H,33,39)(H,34,41)(H,35,40)(H,43,44)/t20-,21-,22-,23-,24-/m0/s1. The van der Waals surface area contributed by atoms with Crippen molar-refractivity contribution in [2.45, 2.75) is 96.4 Å². The molecule has 0 saturated carbocycles. The molecule has 9 N–H and O–H groups in total. The van der Waals surface area contributed by atoms with E-state index in [-0.39, 0.29) is 43.4 Å². The Morgan fingerprint density at radius 2 is 1.41 bits per heavy atom. The van der Waals surface area contributed by atoms with Crippen LogP contribution in [0.2, 0.25) is 0 Å². The Bertz CT molecular complexity index is 1190. The third-order valence-corrected chi connectivity index (χ3v) is 7.25. The van der Waals surface area contributed by atoms with Crippen molar-refractivity contribution in [1.29, 1.82) is 0 Å². The van der Waals surface area contributed by atoms with E-state index in [9.17, 15) is 39.0 Å². The Kier molecular flexibility index (Phi) is 13.6. The number of aliphatic carboxylic acids is 1. The van der Waals surface area contributed by atoms with Crippen LogP contribution >= 0.6 is 0 Å². The fourth-order valence-corrected chi connectivity index (χ4v) is 5.11. The van der Waals surface area contributed by atoms with Gasteiger partial charge in [0.1, 0.15) is 29.9 Å². The van der Waals surface area contributed by atoms with Crippen molar-refractivity contribution in [3.8, 4) is 5.75 Å². The van der Waals surface area contributed by atoms with Crippen molar-refractivity contribution in [1.82, 2.24) is 20.9 Å². The smallest absolute Gasteiger partial charge is 0.326 e. The van der Waals surface area contributed by atoms with Crippen molar-refractivity contribution in [3.05, 3.63) is 29.8 Å². The van der Waals surface area contributed by atoms with Crippen LogP contribution in [0, 0.1) is 11.8 Å². The van der Waals surface area contributed by atoms with Crippen molar-refractivity contribution in [2.75, 3.05) is 6.54 Å². The summed E-state index contributed by atoms with van der Waals surface area (Å²) in [5, 5.41) is 27.0. The molecule has 1 aliphatic heterocycles. The summed E-state index contributed by atoms with van der Waals surface area (Å²) in [7, 11) is 0. The molecule has 44 heavy (non-hydrogen) atoms. The molecular formula is C30H46N6O8. The highest BCUT2D eigenvalue weighted by Crippen LogP contribution is 2.20. The number of carbonyl (C=O) groups is 6. The maximum atomic E-state index is 13.6. The second kappa shape index (κ2) is 16.6. The second-order valence-corrected chi connectivity index (χ2v) is 12.1. The minimum Gasteiger partial charge on any atom is -0.508 e. The summed E-state index contributed by atoms with van der Waals surface area (Å²) in [5.74, 6) is -4.78. The molecule has 0 unspecified atom stereocenters. The summed E-state index contributed by atoms with van der Waals surface area (Å²) in [4.78, 5) is 78.0. The Morgan fingerprint density at radius 3 is 1.95 bits per heavy atom. The molecule has 2 rings (SSSR count). The monoisotopic (exact) mass is 618 g/mol. The summed E-state index contributed by atoms with van der Waals surface area (Å²) in [6.45, 7) is 7.60. The molecule has 1 saturated heterocycles. The lowest BCUT2D eigenvalue weighted by molar-refractivity contribution is -0.149. The second-order valence-electron chi connectivity index (χ2n) is 12.1. The molecule has 0 spiro atoms. The van der Waals surface area contributed by atoms with Crippen LogP contribution in [0.5, 0.6) is 5.75 Å². The number of aromatic hydroxyl groups is 1. The lowest BCUT2D eigenvalue weighted by atomic mass is 9.99. The lowest BCUT2D eigenvalue weighted by Crippen LogP contribution is -2.59. The first-order valence-corrected chi connectivity index (χ1v) is 14.8. The van der Waals surface area contributed by atoms with Crippen LogP contribution < -0.4 is 27.4 Å². The molecule has 5 atom stereocenters. The zero-order chi connectivity index (χ0) is 33.1. The molecule has 0 aromatic heterocycles. The number of primary amides is 1. The highest BCUT2D eigenvalue weighted by molar-refractivity contribution is 5.97. The van der Waals surface area contributed by atoms with Gasteiger partial charge in [0, 0.05) is 13.0 Å². The molecule has 1 aromatic rings. The number of likely N-dealkylation sites (tertiary alicyclic amines) is 1. The first-order chi connectivity index (χ1) is 20.6. The number of nitrogens with one attached hydrogen (secondary N) is 3. The van der Waals surface area contributed by atoms with Crippen LogP contribution in [0.15, 0.2) is 24.3 Å². The third kappa shape index (κ3) is 11.1. The Hall–Kier alpha value is -4.20. The van der Waals surface area contributed by atoms with Gasteiger partial charge in [-0.25, -0.2) is 4.79 Å². The number of phenolic OH excluding ortho intramolecular Hbond substituents is 1. The van der Waals surface area contributed by atoms with Gasteiger partial charge in [0.25, 0.3) is 0 Å². The number of benzene rings is 1. The highest BCUT2D eigenvalue weighted by Gasteiger charge is 2.39. The average Bonchev–Trinajstić information content (AvgIpc) is 3.42. The van der Waals surface area contributed by atoms with Crippen LogP contribution in [-0.2, 0) is 35.2 Å². The van der Waals surface area contributed by atoms with E-state index in [1.54, 1.807) is 12.1 Å². The lowest BCUT2D eigenvalue weighted by Gasteiger charge is -2.30. The molecule has 0 bridgehead atoms. The molecule has 5 amide bonds. The third-order valence-electron chi connectivity index (χ3n) is 7.25. The van der Waals surface area contributed by atoms with Crippen LogP contribution in [0.25, 0.3) is 0 Å². The van der Waals surface area contributed by atoms with Gasteiger partial charge in [-0.05, 0) is 55.2 Å². The number of amides is 5. The number of carboxylic acids is 1. The molecule has 244 valence electrons. The van der Waals surface area contributed by atoms with E-state index in [1.807, 2.05) is 27.7 Å². The molecule has 14 nitrogen and oxygen atoms in total.